The highest BCUT2D eigenvalue weighted by Crippen LogP contribution is 2.14. The molecule has 1 aliphatic rings. The van der Waals surface area contributed by atoms with Gasteiger partial charge in [0.1, 0.15) is 0 Å². The van der Waals surface area contributed by atoms with Crippen LogP contribution in [0.2, 0.25) is 0 Å². The largest absolute Gasteiger partial charge is 0.337 e. The predicted molar refractivity (Wildman–Crippen MR) is 67.3 cm³/mol. The molecule has 0 saturated carbocycles. The van der Waals surface area contributed by atoms with Crippen LogP contribution in [0.5, 0.6) is 0 Å². The van der Waals surface area contributed by atoms with E-state index in [0.717, 1.165) is 26.2 Å². The molecule has 0 bridgehead atoms. The van der Waals surface area contributed by atoms with Gasteiger partial charge < -0.3 is 4.90 Å². The molecule has 1 rings (SSSR count). The van der Waals surface area contributed by atoms with Crippen LogP contribution in [0.25, 0.3) is 0 Å². The second kappa shape index (κ2) is 5.67. The quantitative estimate of drug-likeness (QED) is 0.733. The molecular weight excluding hydrogens is 200 g/mol. The molecule has 1 saturated heterocycles. The SMILES string of the molecule is CC(C)CN1CCN(C(=O)C(C)C)[C@H](C)C1. The third-order valence-corrected chi connectivity index (χ3v) is 3.11. The number of nitrogens with zero attached hydrogens (tertiary/aromatic N) is 2. The van der Waals surface area contributed by atoms with Crippen molar-refractivity contribution in [2.45, 2.75) is 40.7 Å². The average molecular weight is 226 g/mol. The van der Waals surface area contributed by atoms with Crippen LogP contribution < -0.4 is 0 Å². The second-order valence-electron chi connectivity index (χ2n) is 5.69. The first kappa shape index (κ1) is 13.5. The standard InChI is InChI=1S/C13H26N2O/c1-10(2)8-14-6-7-15(12(5)9-14)13(16)11(3)4/h10-12H,6-9H2,1-5H3/t12-/m1/s1. The molecule has 3 heteroatoms. The zero-order chi connectivity index (χ0) is 12.3. The van der Waals surface area contributed by atoms with Crippen molar-refractivity contribution in [1.29, 1.82) is 0 Å². The van der Waals surface area contributed by atoms with Crippen LogP contribution in [0.4, 0.5) is 0 Å². The van der Waals surface area contributed by atoms with Gasteiger partial charge in [-0.1, -0.05) is 27.7 Å². The Morgan fingerprint density at radius 2 is 1.88 bits per heavy atom. The van der Waals surface area contributed by atoms with Crippen LogP contribution in [0.3, 0.4) is 0 Å². The number of hydrogen-bond donors (Lipinski definition) is 0. The maximum Gasteiger partial charge on any atom is 0.225 e. The molecule has 1 atom stereocenters. The molecule has 1 fully saturated rings. The minimum atomic E-state index is 0.124. The van der Waals surface area contributed by atoms with Gasteiger partial charge >= 0.3 is 0 Å². The van der Waals surface area contributed by atoms with E-state index in [-0.39, 0.29) is 5.92 Å². The zero-order valence-corrected chi connectivity index (χ0v) is 11.4. The normalized spacial score (nSPS) is 23.2. The summed E-state index contributed by atoms with van der Waals surface area (Å²) < 4.78 is 0. The molecule has 3 nitrogen and oxygen atoms in total. The smallest absolute Gasteiger partial charge is 0.225 e. The number of carbonyl (C=O) groups is 1. The molecule has 0 radical (unpaired) electrons. The summed E-state index contributed by atoms with van der Waals surface area (Å²) in [5, 5.41) is 0. The van der Waals surface area contributed by atoms with Crippen molar-refractivity contribution in [3.63, 3.8) is 0 Å². The maximum absolute atomic E-state index is 11.9. The molecule has 0 aromatic rings. The topological polar surface area (TPSA) is 23.6 Å². The van der Waals surface area contributed by atoms with Crippen LogP contribution in [0.15, 0.2) is 0 Å². The lowest BCUT2D eigenvalue weighted by Crippen LogP contribution is -2.55. The Morgan fingerprint density at radius 1 is 1.25 bits per heavy atom. The average Bonchev–Trinajstić information content (AvgIpc) is 2.15. The van der Waals surface area contributed by atoms with E-state index in [4.69, 9.17) is 0 Å². The second-order valence-corrected chi connectivity index (χ2v) is 5.69. The van der Waals surface area contributed by atoms with Crippen LogP contribution in [-0.2, 0) is 4.79 Å². The number of carbonyl (C=O) groups excluding carboxylic acids is 1. The van der Waals surface area contributed by atoms with Gasteiger partial charge in [-0.25, -0.2) is 0 Å². The lowest BCUT2D eigenvalue weighted by atomic mass is 10.1. The summed E-state index contributed by atoms with van der Waals surface area (Å²) in [5.41, 5.74) is 0. The third-order valence-electron chi connectivity index (χ3n) is 3.11. The Kier molecular flexibility index (Phi) is 4.78. The minimum Gasteiger partial charge on any atom is -0.337 e. The molecule has 0 unspecified atom stereocenters. The molecule has 0 spiro atoms. The molecule has 94 valence electrons. The Hall–Kier alpha value is -0.570. The van der Waals surface area contributed by atoms with E-state index >= 15 is 0 Å². The zero-order valence-electron chi connectivity index (χ0n) is 11.4. The molecule has 0 aromatic heterocycles. The van der Waals surface area contributed by atoms with Crippen LogP contribution in [0.1, 0.15) is 34.6 Å². The Balaban J connectivity index is 2.49. The van der Waals surface area contributed by atoms with E-state index in [2.05, 4.69) is 25.7 Å². The highest BCUT2D eigenvalue weighted by Gasteiger charge is 2.28. The summed E-state index contributed by atoms with van der Waals surface area (Å²) in [6.45, 7) is 14.7. The van der Waals surface area contributed by atoms with Crippen molar-refractivity contribution in [1.82, 2.24) is 9.80 Å². The molecule has 0 aliphatic carbocycles. The summed E-state index contributed by atoms with van der Waals surface area (Å²) in [6, 6.07) is 0.363. The van der Waals surface area contributed by atoms with E-state index in [1.807, 2.05) is 18.7 Å². The van der Waals surface area contributed by atoms with Gasteiger partial charge in [0.15, 0.2) is 0 Å². The van der Waals surface area contributed by atoms with Crippen molar-refractivity contribution < 1.29 is 4.79 Å². The monoisotopic (exact) mass is 226 g/mol. The van der Waals surface area contributed by atoms with E-state index in [0.29, 0.717) is 17.9 Å². The third kappa shape index (κ3) is 3.48. The number of hydrogen-bond acceptors (Lipinski definition) is 2. The highest BCUT2D eigenvalue weighted by atomic mass is 16.2. The fourth-order valence-corrected chi connectivity index (χ4v) is 2.37. The minimum absolute atomic E-state index is 0.124. The van der Waals surface area contributed by atoms with E-state index in [9.17, 15) is 4.79 Å². The first-order chi connectivity index (χ1) is 7.41. The van der Waals surface area contributed by atoms with Crippen molar-refractivity contribution in [3.05, 3.63) is 0 Å². The predicted octanol–water partition coefficient (Wildman–Crippen LogP) is 1.83. The van der Waals surface area contributed by atoms with E-state index in [1.54, 1.807) is 0 Å². The van der Waals surface area contributed by atoms with Crippen LogP contribution >= 0.6 is 0 Å². The summed E-state index contributed by atoms with van der Waals surface area (Å²) in [6.07, 6.45) is 0. The Morgan fingerprint density at radius 3 is 2.31 bits per heavy atom. The summed E-state index contributed by atoms with van der Waals surface area (Å²) >= 11 is 0. The summed E-state index contributed by atoms with van der Waals surface area (Å²) in [4.78, 5) is 16.5. The molecule has 1 heterocycles. The Bertz CT molecular complexity index is 238. The van der Waals surface area contributed by atoms with Crippen molar-refractivity contribution in [3.8, 4) is 0 Å². The number of amides is 1. The molecule has 16 heavy (non-hydrogen) atoms. The molecule has 1 aliphatic heterocycles. The Labute approximate surface area is 99.8 Å². The van der Waals surface area contributed by atoms with Crippen LogP contribution in [0, 0.1) is 11.8 Å². The number of rotatable bonds is 3. The van der Waals surface area contributed by atoms with E-state index < -0.39 is 0 Å². The fourth-order valence-electron chi connectivity index (χ4n) is 2.37. The first-order valence-electron chi connectivity index (χ1n) is 6.44. The van der Waals surface area contributed by atoms with Gasteiger partial charge in [0.05, 0.1) is 0 Å². The number of piperazine rings is 1. The van der Waals surface area contributed by atoms with Crippen molar-refractivity contribution in [2.75, 3.05) is 26.2 Å². The highest BCUT2D eigenvalue weighted by molar-refractivity contribution is 5.78. The fraction of sp³-hybridized carbons (Fsp3) is 0.923. The molecule has 0 aromatic carbocycles. The van der Waals surface area contributed by atoms with Gasteiger partial charge in [-0.15, -0.1) is 0 Å². The van der Waals surface area contributed by atoms with E-state index in [1.165, 1.54) is 0 Å². The van der Waals surface area contributed by atoms with Crippen LogP contribution in [-0.4, -0.2) is 47.9 Å². The maximum atomic E-state index is 11.9. The van der Waals surface area contributed by atoms with Gasteiger partial charge in [-0.2, -0.15) is 0 Å². The molecule has 0 N–H and O–H groups in total. The summed E-state index contributed by atoms with van der Waals surface area (Å²) in [7, 11) is 0. The lowest BCUT2D eigenvalue weighted by molar-refractivity contribution is -0.139. The van der Waals surface area contributed by atoms with Gasteiger partial charge in [0.25, 0.3) is 0 Å². The van der Waals surface area contributed by atoms with Gasteiger partial charge in [0, 0.05) is 38.1 Å². The van der Waals surface area contributed by atoms with Crippen molar-refractivity contribution >= 4 is 5.91 Å². The van der Waals surface area contributed by atoms with Gasteiger partial charge in [-0.05, 0) is 12.8 Å². The molecular formula is C13H26N2O. The van der Waals surface area contributed by atoms with Gasteiger partial charge in [0.2, 0.25) is 5.91 Å². The lowest BCUT2D eigenvalue weighted by Gasteiger charge is -2.41. The molecule has 1 amide bonds. The summed E-state index contributed by atoms with van der Waals surface area (Å²) in [5.74, 6) is 1.13. The van der Waals surface area contributed by atoms with Crippen molar-refractivity contribution in [2.24, 2.45) is 11.8 Å². The first-order valence-corrected chi connectivity index (χ1v) is 6.44. The van der Waals surface area contributed by atoms with Gasteiger partial charge in [-0.3, -0.25) is 9.69 Å².